The maximum Gasteiger partial charge on any atom is 0.240 e. The smallest absolute Gasteiger partial charge is 0.240 e. The number of ketones is 1. The minimum atomic E-state index is -0.680. The Morgan fingerprint density at radius 1 is 1.33 bits per heavy atom. The van der Waals surface area contributed by atoms with Crippen LogP contribution in [0, 0.1) is 64.3 Å². The molecular weight excluding hydrogens is 818 g/mol. The van der Waals surface area contributed by atoms with Crippen LogP contribution in [0.4, 0.5) is 0 Å². The van der Waals surface area contributed by atoms with Gasteiger partial charge in [-0.05, 0) is 19.8 Å². The molecule has 2 aliphatic rings. The van der Waals surface area contributed by atoms with E-state index >= 15 is 0 Å². The number of Topliss-reactive ketones (excluding diaryl/α,β-unsaturated/α-hetero) is 1. The van der Waals surface area contributed by atoms with Gasteiger partial charge in [-0.15, -0.1) is 0 Å². The van der Waals surface area contributed by atoms with Crippen LogP contribution in [-0.4, -0.2) is 34.1 Å². The molecule has 1 heterocycles. The normalized spacial score (nSPS) is 22.0. The van der Waals surface area contributed by atoms with Gasteiger partial charge in [0.25, 0.3) is 0 Å². The van der Waals surface area contributed by atoms with E-state index in [2.05, 4.69) is 12.2 Å². The number of rotatable bonds is 4. The molecule has 1 aliphatic carbocycles. The Labute approximate surface area is 220 Å². The molecule has 2 atom stereocenters. The van der Waals surface area contributed by atoms with Crippen LogP contribution in [0.25, 0.3) is 0 Å². The number of carbonyl (C=O) groups is 3. The van der Waals surface area contributed by atoms with Crippen LogP contribution >= 0.6 is 0 Å². The van der Waals surface area contributed by atoms with Crippen LogP contribution in [0.1, 0.15) is 33.1 Å². The zero-order valence-corrected chi connectivity index (χ0v) is 25.6. The third kappa shape index (κ3) is 7.88. The summed E-state index contributed by atoms with van der Waals surface area (Å²) in [7, 11) is 0. The zero-order valence-electron chi connectivity index (χ0n) is 14.2. The summed E-state index contributed by atoms with van der Waals surface area (Å²) in [5.41, 5.74) is -0.680. The standard InChI is InChI=1S/C14H19N2O3.CH3.U.V.W.Y/c1-4-12(18)16-8-9(2)7-11(16)13(19)15-14(5-6-14)10(3)17;;;;;/h4,8-9,11H,2,5-7H2,1,3H3,(H,15,19);1H3;;;;/q-3;-1;;;;/t9?,11-;;;;;/m0...../s1. The number of nitrogens with zero attached hydrogens (tertiary/aromatic N) is 1. The van der Waals surface area contributed by atoms with Gasteiger partial charge in [0.1, 0.15) is 0 Å². The average molecular weight is 840 g/mol. The predicted octanol–water partition coefficient (Wildman–Crippen LogP) is 1.10. The monoisotopic (exact) mass is 840 g/mol. The Morgan fingerprint density at radius 3 is 2.21 bits per heavy atom. The van der Waals surface area contributed by atoms with Gasteiger partial charge < -0.3 is 35.8 Å². The third-order valence-electron chi connectivity index (χ3n) is 3.82. The largest absolute Gasteiger partial charge is 0.510 e. The van der Waals surface area contributed by atoms with E-state index in [1.165, 1.54) is 18.2 Å². The molecule has 0 aromatic carbocycles. The van der Waals surface area contributed by atoms with Gasteiger partial charge in [0, 0.05) is 103 Å². The zero-order chi connectivity index (χ0) is 14.2. The molecule has 0 bridgehead atoms. The van der Waals surface area contributed by atoms with E-state index < -0.39 is 11.6 Å². The Kier molecular flexibility index (Phi) is 19.5. The first-order valence-corrected chi connectivity index (χ1v) is 6.52. The van der Waals surface area contributed by atoms with Crippen LogP contribution in [0.5, 0.6) is 0 Å². The minimum Gasteiger partial charge on any atom is -0.510 e. The summed E-state index contributed by atoms with van der Waals surface area (Å²) in [4.78, 5) is 36.9. The predicted molar refractivity (Wildman–Crippen MR) is 75.6 cm³/mol. The second-order valence-corrected chi connectivity index (χ2v) is 5.32. The van der Waals surface area contributed by atoms with Crippen molar-refractivity contribution in [1.82, 2.24) is 10.2 Å². The van der Waals surface area contributed by atoms with Crippen molar-refractivity contribution in [2.45, 2.75) is 44.7 Å². The molecule has 1 unspecified atom stereocenters. The van der Waals surface area contributed by atoms with Gasteiger partial charge >= 0.3 is 0 Å². The summed E-state index contributed by atoms with van der Waals surface area (Å²) in [5.74, 6) is -0.551. The molecule has 2 amide bonds. The van der Waals surface area contributed by atoms with Gasteiger partial charge in [0.05, 0.1) is 17.5 Å². The molecule has 24 heavy (non-hydrogen) atoms. The first-order valence-electron chi connectivity index (χ1n) is 6.52. The van der Waals surface area contributed by atoms with Crippen LogP contribution < -0.4 is 5.32 Å². The molecule has 5 nitrogen and oxygen atoms in total. The maximum absolute atomic E-state index is 12.3. The van der Waals surface area contributed by atoms with E-state index in [1.54, 1.807) is 13.5 Å². The van der Waals surface area contributed by atoms with Crippen LogP contribution in [0.3, 0.4) is 0 Å². The van der Waals surface area contributed by atoms with E-state index in [9.17, 15) is 14.4 Å². The van der Waals surface area contributed by atoms with E-state index in [-0.39, 0.29) is 134 Å². The molecule has 0 spiro atoms. The van der Waals surface area contributed by atoms with Gasteiger partial charge in [0.15, 0.2) is 5.78 Å². The molecular formula is C15H22N2O3UVWY-4. The number of carbonyl (C=O) groups excluding carboxylic acids is 3. The third-order valence-corrected chi connectivity index (χ3v) is 3.82. The summed E-state index contributed by atoms with van der Waals surface area (Å²) < 4.78 is 0. The first kappa shape index (κ1) is 33.5. The quantitative estimate of drug-likeness (QED) is 0.433. The van der Waals surface area contributed by atoms with Crippen molar-refractivity contribution < 1.29 is 118 Å². The van der Waals surface area contributed by atoms with Crippen molar-refractivity contribution in [3.8, 4) is 0 Å². The number of nitrogens with one attached hydrogen (secondary N) is 1. The van der Waals surface area contributed by atoms with Crippen LogP contribution in [0.2, 0.25) is 0 Å². The van der Waals surface area contributed by atoms with Crippen LogP contribution in [0.15, 0.2) is 0 Å². The molecule has 2 radical (unpaired) electrons. The van der Waals surface area contributed by atoms with Gasteiger partial charge in [-0.1, -0.05) is 6.42 Å². The van der Waals surface area contributed by atoms with E-state index in [0.717, 1.165) is 0 Å². The molecule has 1 saturated heterocycles. The molecule has 1 N–H and O–H groups in total. The Hall–Kier alpha value is 1.91. The first-order chi connectivity index (χ1) is 8.89. The Morgan fingerprint density at radius 2 is 1.83 bits per heavy atom. The Balaban J connectivity index is -0.000000400. The molecule has 0 aromatic heterocycles. The summed E-state index contributed by atoms with van der Waals surface area (Å²) in [6, 6.07) is -0.553. The number of hydrogen-bond acceptors (Lipinski definition) is 3. The Bertz CT molecular complexity index is 439. The molecule has 9 heteroatoms. The topological polar surface area (TPSA) is 66.5 Å². The van der Waals surface area contributed by atoms with Gasteiger partial charge in [-0.25, -0.2) is 0 Å². The van der Waals surface area contributed by atoms with Gasteiger partial charge in [0.2, 0.25) is 5.91 Å². The fraction of sp³-hybridized carbons (Fsp3) is 0.533. The van der Waals surface area contributed by atoms with E-state index in [0.29, 0.717) is 19.3 Å². The molecule has 132 valence electrons. The fourth-order valence-corrected chi connectivity index (χ4v) is 2.41. The molecule has 2 rings (SSSR count). The summed E-state index contributed by atoms with van der Waals surface area (Å²) in [6.45, 7) is 8.68. The van der Waals surface area contributed by atoms with E-state index in [1.807, 2.05) is 0 Å². The molecule has 1 saturated carbocycles. The fourth-order valence-electron chi connectivity index (χ4n) is 2.41. The second kappa shape index (κ2) is 14.0. The summed E-state index contributed by atoms with van der Waals surface area (Å²) in [6.07, 6.45) is 3.30. The average Bonchev–Trinajstić information content (AvgIpc) is 3.03. The van der Waals surface area contributed by atoms with Crippen molar-refractivity contribution in [3.63, 3.8) is 0 Å². The van der Waals surface area contributed by atoms with Crippen molar-refractivity contribution in [1.29, 1.82) is 0 Å². The van der Waals surface area contributed by atoms with Gasteiger partial charge in [-0.2, -0.15) is 6.92 Å². The number of amides is 2. The summed E-state index contributed by atoms with van der Waals surface area (Å²) in [5, 5.41) is 2.79. The molecule has 0 aromatic rings. The maximum atomic E-state index is 12.3. The van der Waals surface area contributed by atoms with Gasteiger partial charge in [-0.3, -0.25) is 22.1 Å². The van der Waals surface area contributed by atoms with Crippen molar-refractivity contribution in [3.05, 3.63) is 27.3 Å². The minimum absolute atomic E-state index is 0. The second-order valence-electron chi connectivity index (χ2n) is 5.32. The SMILES string of the molecule is [CH2-]C1[CH-]N(C(=O)[CH-]C)[C@H](C(=O)NC2(C(C)=O)CC2)C1.[CH3-].[U].[V].[W].[Y]. The number of likely N-dealkylation sites (tertiary alicyclic amines) is 1. The van der Waals surface area contributed by atoms with E-state index in [4.69, 9.17) is 0 Å². The van der Waals surface area contributed by atoms with Crippen molar-refractivity contribution >= 4 is 17.6 Å². The van der Waals surface area contributed by atoms with Crippen molar-refractivity contribution in [2.75, 3.05) is 0 Å². The molecule has 1 aliphatic heterocycles. The van der Waals surface area contributed by atoms with Crippen LogP contribution in [-0.2, 0) is 86.7 Å². The number of hydrogen-bond donors (Lipinski definition) is 1. The van der Waals surface area contributed by atoms with Crippen molar-refractivity contribution in [2.24, 2.45) is 5.92 Å². The molecule has 2 fully saturated rings. The summed E-state index contributed by atoms with van der Waals surface area (Å²) >= 11 is 0.